The first-order valence-corrected chi connectivity index (χ1v) is 7.67. The van der Waals surface area contributed by atoms with Crippen LogP contribution in [0, 0.1) is 27.7 Å². The Bertz CT molecular complexity index is 896. The highest BCUT2D eigenvalue weighted by Crippen LogP contribution is 2.14. The van der Waals surface area contributed by atoms with Crippen molar-refractivity contribution in [2.24, 2.45) is 0 Å². The van der Waals surface area contributed by atoms with Crippen molar-refractivity contribution in [3.8, 4) is 5.95 Å². The Balaban J connectivity index is 1.77. The first-order chi connectivity index (χ1) is 11.5. The molecule has 0 aliphatic rings. The van der Waals surface area contributed by atoms with E-state index in [4.69, 9.17) is 0 Å². The van der Waals surface area contributed by atoms with Gasteiger partial charge < -0.3 is 5.32 Å². The molecular weight excluding hydrogens is 302 g/mol. The summed E-state index contributed by atoms with van der Waals surface area (Å²) in [6.45, 7) is 7.90. The minimum atomic E-state index is -0.177. The van der Waals surface area contributed by atoms with Gasteiger partial charge in [0.05, 0.1) is 23.8 Å². The van der Waals surface area contributed by atoms with E-state index in [9.17, 15) is 4.79 Å². The Labute approximate surface area is 140 Å². The summed E-state index contributed by atoms with van der Waals surface area (Å²) in [5, 5.41) is 2.81. The third kappa shape index (κ3) is 3.03. The molecule has 0 aliphatic carbocycles. The molecule has 0 fully saturated rings. The van der Waals surface area contributed by atoms with Crippen molar-refractivity contribution in [2.75, 3.05) is 5.32 Å². The van der Waals surface area contributed by atoms with Gasteiger partial charge in [-0.1, -0.05) is 6.07 Å². The maximum Gasteiger partial charge on any atom is 0.255 e. The van der Waals surface area contributed by atoms with Crippen molar-refractivity contribution in [1.82, 2.24) is 19.5 Å². The molecule has 0 aliphatic heterocycles. The van der Waals surface area contributed by atoms with Crippen LogP contribution in [-0.4, -0.2) is 25.4 Å². The summed E-state index contributed by atoms with van der Waals surface area (Å²) < 4.78 is 1.81. The standard InChI is InChI=1S/C18H19N5O/c1-11-5-6-15(7-12(11)2)17(24)22-16-8-19-18(20-9-16)23-10-21-13(3)14(23)4/h5-10H,1-4H3,(H,22,24). The largest absolute Gasteiger partial charge is 0.319 e. The third-order valence-electron chi connectivity index (χ3n) is 4.13. The molecule has 3 aromatic rings. The minimum Gasteiger partial charge on any atom is -0.319 e. The average Bonchev–Trinajstić information content (AvgIpc) is 2.90. The van der Waals surface area contributed by atoms with E-state index in [0.717, 1.165) is 22.5 Å². The SMILES string of the molecule is Cc1ccc(C(=O)Nc2cnc(-n3cnc(C)c3C)nc2)cc1C. The van der Waals surface area contributed by atoms with Crippen LogP contribution in [0.15, 0.2) is 36.9 Å². The summed E-state index contributed by atoms with van der Waals surface area (Å²) >= 11 is 0. The molecule has 24 heavy (non-hydrogen) atoms. The molecule has 0 unspecified atom stereocenters. The molecule has 2 aromatic heterocycles. The van der Waals surface area contributed by atoms with Gasteiger partial charge in [0.2, 0.25) is 5.95 Å². The molecule has 0 saturated carbocycles. The van der Waals surface area contributed by atoms with Gasteiger partial charge in [0.15, 0.2) is 0 Å². The fourth-order valence-corrected chi connectivity index (χ4v) is 2.30. The van der Waals surface area contributed by atoms with E-state index in [1.165, 1.54) is 0 Å². The first kappa shape index (κ1) is 15.9. The molecule has 1 aromatic carbocycles. The molecule has 122 valence electrons. The number of rotatable bonds is 3. The van der Waals surface area contributed by atoms with Gasteiger partial charge in [0, 0.05) is 11.3 Å². The van der Waals surface area contributed by atoms with Crippen LogP contribution in [0.3, 0.4) is 0 Å². The number of carbonyl (C=O) groups is 1. The van der Waals surface area contributed by atoms with Crippen molar-refractivity contribution in [1.29, 1.82) is 0 Å². The predicted octanol–water partition coefficient (Wildman–Crippen LogP) is 3.15. The number of imidazole rings is 1. The van der Waals surface area contributed by atoms with Gasteiger partial charge in [-0.3, -0.25) is 9.36 Å². The van der Waals surface area contributed by atoms with Crippen LogP contribution in [0.2, 0.25) is 0 Å². The second kappa shape index (κ2) is 6.23. The van der Waals surface area contributed by atoms with Crippen LogP contribution in [0.5, 0.6) is 0 Å². The van der Waals surface area contributed by atoms with E-state index in [1.54, 1.807) is 18.7 Å². The Morgan fingerprint density at radius 3 is 2.29 bits per heavy atom. The highest BCUT2D eigenvalue weighted by Gasteiger charge is 2.10. The Kier molecular flexibility index (Phi) is 4.12. The zero-order valence-corrected chi connectivity index (χ0v) is 14.2. The summed E-state index contributed by atoms with van der Waals surface area (Å²) in [7, 11) is 0. The second-order valence-corrected chi connectivity index (χ2v) is 5.81. The monoisotopic (exact) mass is 321 g/mol. The van der Waals surface area contributed by atoms with Crippen LogP contribution in [-0.2, 0) is 0 Å². The summed E-state index contributed by atoms with van der Waals surface area (Å²) in [6, 6.07) is 5.62. The lowest BCUT2D eigenvalue weighted by atomic mass is 10.1. The number of hydrogen-bond acceptors (Lipinski definition) is 4. The van der Waals surface area contributed by atoms with Gasteiger partial charge in [-0.15, -0.1) is 0 Å². The zero-order chi connectivity index (χ0) is 17.3. The molecule has 3 rings (SSSR count). The molecule has 0 bridgehead atoms. The quantitative estimate of drug-likeness (QED) is 0.804. The molecule has 0 saturated heterocycles. The summed E-state index contributed by atoms with van der Waals surface area (Å²) in [4.78, 5) is 25.1. The van der Waals surface area contributed by atoms with Crippen molar-refractivity contribution in [3.05, 3.63) is 65.0 Å². The van der Waals surface area contributed by atoms with Gasteiger partial charge in [0.25, 0.3) is 5.91 Å². The number of benzene rings is 1. The van der Waals surface area contributed by atoms with E-state index in [0.29, 0.717) is 17.2 Å². The van der Waals surface area contributed by atoms with Gasteiger partial charge in [-0.25, -0.2) is 15.0 Å². The van der Waals surface area contributed by atoms with Crippen molar-refractivity contribution in [2.45, 2.75) is 27.7 Å². The normalized spacial score (nSPS) is 10.7. The number of aryl methyl sites for hydroxylation is 3. The molecular formula is C18H19N5O. The Morgan fingerprint density at radius 1 is 1.00 bits per heavy atom. The number of nitrogens with zero attached hydrogens (tertiary/aromatic N) is 4. The number of amides is 1. The van der Waals surface area contributed by atoms with Crippen molar-refractivity contribution in [3.63, 3.8) is 0 Å². The molecule has 1 N–H and O–H groups in total. The topological polar surface area (TPSA) is 72.7 Å². The second-order valence-electron chi connectivity index (χ2n) is 5.81. The molecule has 1 amide bonds. The molecule has 6 nitrogen and oxygen atoms in total. The minimum absolute atomic E-state index is 0.177. The Hall–Kier alpha value is -3.02. The maximum atomic E-state index is 12.3. The highest BCUT2D eigenvalue weighted by atomic mass is 16.1. The molecule has 0 radical (unpaired) electrons. The zero-order valence-electron chi connectivity index (χ0n) is 14.2. The number of hydrogen-bond donors (Lipinski definition) is 1. The lowest BCUT2D eigenvalue weighted by Crippen LogP contribution is -2.13. The lowest BCUT2D eigenvalue weighted by Gasteiger charge is -2.08. The third-order valence-corrected chi connectivity index (χ3v) is 4.13. The van der Waals surface area contributed by atoms with E-state index < -0.39 is 0 Å². The number of anilines is 1. The van der Waals surface area contributed by atoms with Crippen LogP contribution >= 0.6 is 0 Å². The number of carbonyl (C=O) groups excluding carboxylic acids is 1. The molecule has 6 heteroatoms. The lowest BCUT2D eigenvalue weighted by molar-refractivity contribution is 0.102. The predicted molar refractivity (Wildman–Crippen MR) is 92.5 cm³/mol. The van der Waals surface area contributed by atoms with Crippen LogP contribution in [0.4, 0.5) is 5.69 Å². The average molecular weight is 321 g/mol. The van der Waals surface area contributed by atoms with Gasteiger partial charge in [0.1, 0.15) is 6.33 Å². The summed E-state index contributed by atoms with van der Waals surface area (Å²) in [6.07, 6.45) is 4.87. The van der Waals surface area contributed by atoms with Crippen LogP contribution in [0.25, 0.3) is 5.95 Å². The number of aromatic nitrogens is 4. The first-order valence-electron chi connectivity index (χ1n) is 7.67. The van der Waals surface area contributed by atoms with Crippen LogP contribution in [0.1, 0.15) is 32.9 Å². The fourth-order valence-electron chi connectivity index (χ4n) is 2.30. The van der Waals surface area contributed by atoms with Gasteiger partial charge >= 0.3 is 0 Å². The van der Waals surface area contributed by atoms with E-state index in [2.05, 4.69) is 20.3 Å². The van der Waals surface area contributed by atoms with Crippen molar-refractivity contribution < 1.29 is 4.79 Å². The molecule has 0 spiro atoms. The summed E-state index contributed by atoms with van der Waals surface area (Å²) in [5.41, 5.74) is 5.33. The van der Waals surface area contributed by atoms with Gasteiger partial charge in [-0.05, 0) is 51.0 Å². The smallest absolute Gasteiger partial charge is 0.255 e. The van der Waals surface area contributed by atoms with Crippen LogP contribution < -0.4 is 5.32 Å². The fraction of sp³-hybridized carbons (Fsp3) is 0.222. The summed E-state index contributed by atoms with van der Waals surface area (Å²) in [5.74, 6) is 0.349. The maximum absolute atomic E-state index is 12.3. The molecule has 2 heterocycles. The van der Waals surface area contributed by atoms with E-state index in [1.807, 2.05) is 50.5 Å². The van der Waals surface area contributed by atoms with E-state index >= 15 is 0 Å². The highest BCUT2D eigenvalue weighted by molar-refractivity contribution is 6.04. The molecule has 0 atom stereocenters. The van der Waals surface area contributed by atoms with Crippen molar-refractivity contribution >= 4 is 11.6 Å². The van der Waals surface area contributed by atoms with Gasteiger partial charge in [-0.2, -0.15) is 0 Å². The van der Waals surface area contributed by atoms with E-state index in [-0.39, 0.29) is 5.91 Å². The number of nitrogens with one attached hydrogen (secondary N) is 1. The Morgan fingerprint density at radius 2 is 1.71 bits per heavy atom.